The average Bonchev–Trinajstić information content (AvgIpc) is 2.86. The van der Waals surface area contributed by atoms with Crippen LogP contribution in [0.2, 0.25) is 0 Å². The Morgan fingerprint density at radius 1 is 1.15 bits per heavy atom. The molecule has 0 saturated carbocycles. The lowest BCUT2D eigenvalue weighted by molar-refractivity contribution is 0.766. The molecule has 0 N–H and O–H groups in total. The molecule has 4 heteroatoms. The van der Waals surface area contributed by atoms with Gasteiger partial charge in [0.15, 0.2) is 0 Å². The van der Waals surface area contributed by atoms with Gasteiger partial charge in [-0.25, -0.2) is 0 Å². The quantitative estimate of drug-likeness (QED) is 0.692. The molecular weight excluding hydrogens is 266 g/mol. The van der Waals surface area contributed by atoms with Gasteiger partial charge in [-0.3, -0.25) is 9.67 Å². The Morgan fingerprint density at radius 3 is 2.65 bits per heavy atom. The van der Waals surface area contributed by atoms with Gasteiger partial charge < -0.3 is 0 Å². The van der Waals surface area contributed by atoms with Crippen molar-refractivity contribution in [3.63, 3.8) is 0 Å². The molecule has 0 aliphatic rings. The lowest BCUT2D eigenvalue weighted by Gasteiger charge is -2.03. The number of hydrogen-bond acceptors (Lipinski definition) is 3. The van der Waals surface area contributed by atoms with Crippen molar-refractivity contribution in [1.82, 2.24) is 14.8 Å². The topological polar surface area (TPSA) is 30.7 Å². The minimum atomic E-state index is 1.03. The van der Waals surface area contributed by atoms with Crippen LogP contribution in [0.1, 0.15) is 20.3 Å². The fraction of sp³-hybridized carbons (Fsp3) is 0.250. The molecule has 20 heavy (non-hydrogen) atoms. The van der Waals surface area contributed by atoms with Crippen LogP contribution in [0, 0.1) is 0 Å². The molecule has 2 aromatic heterocycles. The van der Waals surface area contributed by atoms with E-state index in [1.165, 1.54) is 16.7 Å². The van der Waals surface area contributed by atoms with Gasteiger partial charge in [0.2, 0.25) is 0 Å². The third-order valence-electron chi connectivity index (χ3n) is 2.51. The second-order valence-corrected chi connectivity index (χ2v) is 5.60. The van der Waals surface area contributed by atoms with E-state index in [-0.39, 0.29) is 0 Å². The van der Waals surface area contributed by atoms with Crippen LogP contribution in [0.4, 0.5) is 0 Å². The van der Waals surface area contributed by atoms with E-state index >= 15 is 0 Å². The molecule has 0 fully saturated rings. The Balaban J connectivity index is 0.000000452. The van der Waals surface area contributed by atoms with Gasteiger partial charge in [-0.1, -0.05) is 44.2 Å². The van der Waals surface area contributed by atoms with Crippen LogP contribution in [0.5, 0.6) is 0 Å². The monoisotopic (exact) mass is 285 g/mol. The van der Waals surface area contributed by atoms with Crippen LogP contribution in [-0.4, -0.2) is 14.8 Å². The van der Waals surface area contributed by atoms with Gasteiger partial charge in [0, 0.05) is 29.7 Å². The van der Waals surface area contributed by atoms with Gasteiger partial charge in [0.25, 0.3) is 0 Å². The molecule has 0 aliphatic carbocycles. The molecule has 1 aromatic carbocycles. The number of nitrogens with zero attached hydrogens (tertiary/aromatic N) is 3. The van der Waals surface area contributed by atoms with Gasteiger partial charge in [-0.15, -0.1) is 0 Å². The van der Waals surface area contributed by atoms with Crippen LogP contribution in [0.3, 0.4) is 0 Å². The van der Waals surface area contributed by atoms with Crippen molar-refractivity contribution in [2.45, 2.75) is 30.1 Å². The van der Waals surface area contributed by atoms with Crippen LogP contribution >= 0.6 is 11.8 Å². The Bertz CT molecular complexity index is 671. The van der Waals surface area contributed by atoms with Crippen LogP contribution < -0.4 is 0 Å². The Kier molecular flexibility index (Phi) is 5.18. The van der Waals surface area contributed by atoms with E-state index in [4.69, 9.17) is 0 Å². The molecule has 3 aromatic rings. The average molecular weight is 285 g/mol. The molecule has 0 aliphatic heterocycles. The van der Waals surface area contributed by atoms with E-state index in [0.717, 1.165) is 10.4 Å². The third kappa shape index (κ3) is 3.61. The second-order valence-electron chi connectivity index (χ2n) is 4.49. The summed E-state index contributed by atoms with van der Waals surface area (Å²) in [6, 6.07) is 10.2. The van der Waals surface area contributed by atoms with Crippen molar-refractivity contribution >= 4 is 22.7 Å². The standard InChI is InChI=1S/C13H11N3S.C3H8/c1-16-9-10(8-15-16)17-13-6-2-5-12-11(13)4-3-7-14-12;1-3-2/h2-9H,1H3;3H2,1-2H3. The maximum Gasteiger partial charge on any atom is 0.0713 e. The zero-order valence-electron chi connectivity index (χ0n) is 12.1. The number of pyridine rings is 1. The fourth-order valence-electron chi connectivity index (χ4n) is 1.74. The minimum Gasteiger partial charge on any atom is -0.275 e. The first-order valence-electron chi connectivity index (χ1n) is 6.74. The molecular formula is C16H19N3S. The third-order valence-corrected chi connectivity index (χ3v) is 3.54. The van der Waals surface area contributed by atoms with E-state index in [2.05, 4.69) is 36.1 Å². The predicted molar refractivity (Wildman–Crippen MR) is 85.0 cm³/mol. The molecule has 0 unspecified atom stereocenters. The Hall–Kier alpha value is -1.81. The molecule has 0 atom stereocenters. The Morgan fingerprint density at radius 2 is 1.95 bits per heavy atom. The number of benzene rings is 1. The van der Waals surface area contributed by atoms with Gasteiger partial charge >= 0.3 is 0 Å². The summed E-state index contributed by atoms with van der Waals surface area (Å²) in [4.78, 5) is 6.71. The zero-order valence-corrected chi connectivity index (χ0v) is 12.9. The normalized spacial score (nSPS) is 10.2. The summed E-state index contributed by atoms with van der Waals surface area (Å²) < 4.78 is 1.81. The first kappa shape index (κ1) is 14.6. The maximum atomic E-state index is 4.35. The van der Waals surface area contributed by atoms with E-state index in [1.54, 1.807) is 11.8 Å². The zero-order chi connectivity index (χ0) is 14.4. The SMILES string of the molecule is CCC.Cn1cc(Sc2cccc3ncccc23)cn1. The first-order chi connectivity index (χ1) is 9.74. The van der Waals surface area contributed by atoms with E-state index in [1.807, 2.05) is 48.5 Å². The van der Waals surface area contributed by atoms with Crippen molar-refractivity contribution < 1.29 is 0 Å². The van der Waals surface area contributed by atoms with Crippen molar-refractivity contribution in [2.24, 2.45) is 7.05 Å². The first-order valence-corrected chi connectivity index (χ1v) is 7.56. The highest BCUT2D eigenvalue weighted by molar-refractivity contribution is 7.99. The van der Waals surface area contributed by atoms with E-state index in [0.29, 0.717) is 0 Å². The van der Waals surface area contributed by atoms with Crippen molar-refractivity contribution in [1.29, 1.82) is 0 Å². The van der Waals surface area contributed by atoms with Gasteiger partial charge in [-0.05, 0) is 18.2 Å². The minimum absolute atomic E-state index is 1.03. The van der Waals surface area contributed by atoms with Gasteiger partial charge in [0.05, 0.1) is 16.6 Å². The summed E-state index contributed by atoms with van der Waals surface area (Å²) in [6.45, 7) is 4.25. The smallest absolute Gasteiger partial charge is 0.0713 e. The molecule has 104 valence electrons. The lowest BCUT2D eigenvalue weighted by atomic mass is 10.2. The number of aromatic nitrogens is 3. The van der Waals surface area contributed by atoms with Crippen LogP contribution in [0.25, 0.3) is 10.9 Å². The molecule has 0 radical (unpaired) electrons. The van der Waals surface area contributed by atoms with Crippen molar-refractivity contribution in [2.75, 3.05) is 0 Å². The van der Waals surface area contributed by atoms with Crippen molar-refractivity contribution in [3.05, 3.63) is 48.9 Å². The number of aryl methyl sites for hydroxylation is 1. The molecule has 0 bridgehead atoms. The van der Waals surface area contributed by atoms with Gasteiger partial charge in [0.1, 0.15) is 0 Å². The van der Waals surface area contributed by atoms with E-state index < -0.39 is 0 Å². The summed E-state index contributed by atoms with van der Waals surface area (Å²) >= 11 is 1.71. The molecule has 0 saturated heterocycles. The molecule has 0 spiro atoms. The van der Waals surface area contributed by atoms with Crippen LogP contribution in [0.15, 0.2) is 58.7 Å². The second kappa shape index (κ2) is 7.10. The summed E-state index contributed by atoms with van der Waals surface area (Å²) in [6.07, 6.45) is 6.96. The lowest BCUT2D eigenvalue weighted by Crippen LogP contribution is -1.84. The molecule has 2 heterocycles. The highest BCUT2D eigenvalue weighted by Gasteiger charge is 2.04. The highest BCUT2D eigenvalue weighted by atomic mass is 32.2. The Labute approximate surface area is 124 Å². The highest BCUT2D eigenvalue weighted by Crippen LogP contribution is 2.32. The predicted octanol–water partition coefficient (Wildman–Crippen LogP) is 4.54. The summed E-state index contributed by atoms with van der Waals surface area (Å²) in [5.41, 5.74) is 1.03. The van der Waals surface area contributed by atoms with E-state index in [9.17, 15) is 0 Å². The summed E-state index contributed by atoms with van der Waals surface area (Å²) in [7, 11) is 1.93. The number of rotatable bonds is 2. The van der Waals surface area contributed by atoms with Crippen molar-refractivity contribution in [3.8, 4) is 0 Å². The van der Waals surface area contributed by atoms with Gasteiger partial charge in [-0.2, -0.15) is 5.10 Å². The molecule has 3 rings (SSSR count). The largest absolute Gasteiger partial charge is 0.275 e. The fourth-order valence-corrected chi connectivity index (χ4v) is 2.73. The van der Waals surface area contributed by atoms with Crippen LogP contribution in [-0.2, 0) is 7.05 Å². The molecule has 0 amide bonds. The summed E-state index contributed by atoms with van der Waals surface area (Å²) in [5.74, 6) is 0. The summed E-state index contributed by atoms with van der Waals surface area (Å²) in [5, 5.41) is 5.36. The molecule has 3 nitrogen and oxygen atoms in total. The number of fused-ring (bicyclic) bond motifs is 1. The maximum absolute atomic E-state index is 4.35. The number of hydrogen-bond donors (Lipinski definition) is 0.